The van der Waals surface area contributed by atoms with Gasteiger partial charge in [-0.2, -0.15) is 0 Å². The van der Waals surface area contributed by atoms with E-state index in [2.05, 4.69) is 53.4 Å². The van der Waals surface area contributed by atoms with Crippen LogP contribution in [0.3, 0.4) is 0 Å². The van der Waals surface area contributed by atoms with Gasteiger partial charge in [-0.05, 0) is 18.2 Å². The average Bonchev–Trinajstić information content (AvgIpc) is 2.72. The number of hydrogen-bond acceptors (Lipinski definition) is 3. The van der Waals surface area contributed by atoms with Gasteiger partial charge in [0.25, 0.3) is 0 Å². The molecule has 0 heterocycles. The predicted molar refractivity (Wildman–Crippen MR) is 115 cm³/mol. The van der Waals surface area contributed by atoms with E-state index in [1.807, 2.05) is 38.4 Å². The second-order valence-corrected chi connectivity index (χ2v) is 9.73. The first-order chi connectivity index (χ1) is 13.1. The van der Waals surface area contributed by atoms with Crippen molar-refractivity contribution in [2.24, 2.45) is 0 Å². The molecule has 0 aliphatic heterocycles. The summed E-state index contributed by atoms with van der Waals surface area (Å²) >= 11 is 0. The number of carbonyl (C=O) groups excluding carboxylic acids is 2. The Bertz CT molecular complexity index is 849. The molecule has 0 bridgehead atoms. The fourth-order valence-corrected chi connectivity index (χ4v) is 6.12. The fourth-order valence-electron chi connectivity index (χ4n) is 3.21. The summed E-state index contributed by atoms with van der Waals surface area (Å²) in [5, 5.41) is 2.58. The Balaban J connectivity index is 1.94. The molecule has 0 amide bonds. The molecule has 0 aliphatic rings. The van der Waals surface area contributed by atoms with Crippen molar-refractivity contribution < 1.29 is 9.59 Å². The molecule has 136 valence electrons. The summed E-state index contributed by atoms with van der Waals surface area (Å²) in [5.74, 6) is 0. The van der Waals surface area contributed by atoms with Crippen LogP contribution in [0.2, 0.25) is 0 Å². The Morgan fingerprint density at radius 1 is 0.704 bits per heavy atom. The van der Waals surface area contributed by atoms with E-state index in [0.29, 0.717) is 11.1 Å². The Morgan fingerprint density at radius 3 is 1.52 bits per heavy atom. The molecule has 4 heteroatoms. The van der Waals surface area contributed by atoms with Crippen LogP contribution in [0.4, 0.5) is 5.69 Å². The second kappa shape index (κ2) is 8.60. The lowest BCUT2D eigenvalue weighted by molar-refractivity contribution is 0.111. The molecule has 0 radical (unpaired) electrons. The summed E-state index contributed by atoms with van der Waals surface area (Å²) in [7, 11) is 2.55. The van der Waals surface area contributed by atoms with E-state index >= 15 is 0 Å². The topological polar surface area (TPSA) is 37.4 Å². The van der Waals surface area contributed by atoms with E-state index in [0.717, 1.165) is 18.6 Å². The number of rotatable bonds is 7. The monoisotopic (exact) mass is 373 g/mol. The van der Waals surface area contributed by atoms with Crippen molar-refractivity contribution in [1.82, 2.24) is 0 Å². The van der Waals surface area contributed by atoms with Gasteiger partial charge in [-0.1, -0.05) is 76.6 Å². The third kappa shape index (κ3) is 4.60. The molecule has 0 atom stereocenters. The minimum absolute atomic E-state index is 0.693. The van der Waals surface area contributed by atoms with Gasteiger partial charge < -0.3 is 4.90 Å². The zero-order valence-corrected chi connectivity index (χ0v) is 16.8. The maximum atomic E-state index is 11.0. The number of benzene rings is 3. The van der Waals surface area contributed by atoms with E-state index in [-0.39, 0.29) is 0 Å². The van der Waals surface area contributed by atoms with Crippen LogP contribution >= 0.6 is 0 Å². The van der Waals surface area contributed by atoms with Gasteiger partial charge in [0, 0.05) is 30.9 Å². The molecule has 3 aromatic rings. The standard InChI is InChI=1S/C23H23NO2Si/c1-24(2)21-9-3-20(4-10-21)17-27(22-11-5-18(15-25)6-12-22)23-13-7-19(16-26)8-14-23/h3-16,27H,17H2,1-2H3. The van der Waals surface area contributed by atoms with Crippen molar-refractivity contribution in [3.8, 4) is 0 Å². The van der Waals surface area contributed by atoms with Gasteiger partial charge in [0.05, 0.1) is 0 Å². The Morgan fingerprint density at radius 2 is 1.15 bits per heavy atom. The lowest BCUT2D eigenvalue weighted by Crippen LogP contribution is -2.44. The van der Waals surface area contributed by atoms with Crippen molar-refractivity contribution >= 4 is 37.4 Å². The van der Waals surface area contributed by atoms with Gasteiger partial charge in [-0.25, -0.2) is 0 Å². The van der Waals surface area contributed by atoms with E-state index in [1.54, 1.807) is 0 Å². The summed E-state index contributed by atoms with van der Waals surface area (Å²) in [6.07, 6.45) is 1.75. The van der Waals surface area contributed by atoms with Crippen molar-refractivity contribution in [2.45, 2.75) is 6.04 Å². The SMILES string of the molecule is CN(C)c1ccc(C[SiH](c2ccc(C=O)cc2)c2ccc(C=O)cc2)cc1. The Labute approximate surface area is 161 Å². The number of hydrogen-bond donors (Lipinski definition) is 0. The molecule has 3 rings (SSSR count). The second-order valence-electron chi connectivity index (χ2n) is 6.89. The minimum atomic E-state index is -1.53. The van der Waals surface area contributed by atoms with Crippen molar-refractivity contribution in [2.75, 3.05) is 19.0 Å². The van der Waals surface area contributed by atoms with Gasteiger partial charge in [0.2, 0.25) is 0 Å². The number of nitrogens with zero attached hydrogens (tertiary/aromatic N) is 1. The maximum absolute atomic E-state index is 11.0. The van der Waals surface area contributed by atoms with Crippen LogP contribution in [0.5, 0.6) is 0 Å². The maximum Gasteiger partial charge on any atom is 0.150 e. The third-order valence-electron chi connectivity index (χ3n) is 4.84. The largest absolute Gasteiger partial charge is 0.378 e. The van der Waals surface area contributed by atoms with Gasteiger partial charge in [0.1, 0.15) is 21.4 Å². The Hall–Kier alpha value is -2.98. The van der Waals surface area contributed by atoms with Crippen LogP contribution in [0.25, 0.3) is 0 Å². The van der Waals surface area contributed by atoms with E-state index in [1.165, 1.54) is 21.6 Å². The highest BCUT2D eigenvalue weighted by atomic mass is 28.3. The number of carbonyl (C=O) groups is 2. The number of anilines is 1. The fraction of sp³-hybridized carbons (Fsp3) is 0.130. The van der Waals surface area contributed by atoms with Gasteiger partial charge in [-0.3, -0.25) is 9.59 Å². The summed E-state index contributed by atoms with van der Waals surface area (Å²) in [5.41, 5.74) is 3.87. The van der Waals surface area contributed by atoms with E-state index < -0.39 is 8.80 Å². The first-order valence-electron chi connectivity index (χ1n) is 8.97. The average molecular weight is 374 g/mol. The highest BCUT2D eigenvalue weighted by Crippen LogP contribution is 2.14. The zero-order chi connectivity index (χ0) is 19.2. The van der Waals surface area contributed by atoms with Crippen LogP contribution in [0.15, 0.2) is 72.8 Å². The third-order valence-corrected chi connectivity index (χ3v) is 8.10. The molecule has 3 aromatic carbocycles. The van der Waals surface area contributed by atoms with Gasteiger partial charge >= 0.3 is 0 Å². The summed E-state index contributed by atoms with van der Waals surface area (Å²) in [6.45, 7) is 0. The smallest absolute Gasteiger partial charge is 0.150 e. The first-order valence-corrected chi connectivity index (χ1v) is 10.9. The molecule has 0 aliphatic carbocycles. The summed E-state index contributed by atoms with van der Waals surface area (Å²) in [6, 6.07) is 25.5. The first kappa shape index (κ1) is 18.8. The summed E-state index contributed by atoms with van der Waals surface area (Å²) < 4.78 is 0. The van der Waals surface area contributed by atoms with Gasteiger partial charge in [0.15, 0.2) is 0 Å². The van der Waals surface area contributed by atoms with E-state index in [9.17, 15) is 9.59 Å². The molecule has 0 aromatic heterocycles. The molecule has 0 N–H and O–H groups in total. The minimum Gasteiger partial charge on any atom is -0.378 e. The number of aldehydes is 2. The lowest BCUT2D eigenvalue weighted by atomic mass is 10.2. The quantitative estimate of drug-likeness (QED) is 0.472. The molecule has 0 saturated heterocycles. The highest BCUT2D eigenvalue weighted by molar-refractivity contribution is 6.84. The molecule has 0 spiro atoms. The van der Waals surface area contributed by atoms with Gasteiger partial charge in [-0.15, -0.1) is 0 Å². The molecule has 0 fully saturated rings. The molecule has 27 heavy (non-hydrogen) atoms. The van der Waals surface area contributed by atoms with E-state index in [4.69, 9.17) is 0 Å². The van der Waals surface area contributed by atoms with Crippen LogP contribution in [-0.2, 0) is 6.04 Å². The zero-order valence-electron chi connectivity index (χ0n) is 15.6. The van der Waals surface area contributed by atoms with Crippen LogP contribution < -0.4 is 15.3 Å². The van der Waals surface area contributed by atoms with Crippen LogP contribution in [0.1, 0.15) is 26.3 Å². The van der Waals surface area contributed by atoms with Crippen LogP contribution in [0, 0.1) is 0 Å². The lowest BCUT2D eigenvalue weighted by Gasteiger charge is -2.18. The molecule has 3 nitrogen and oxygen atoms in total. The summed E-state index contributed by atoms with van der Waals surface area (Å²) in [4.78, 5) is 24.1. The molecular formula is C23H23NO2Si. The molecule has 0 saturated carbocycles. The van der Waals surface area contributed by atoms with Crippen molar-refractivity contribution in [1.29, 1.82) is 0 Å². The van der Waals surface area contributed by atoms with Crippen LogP contribution in [-0.4, -0.2) is 35.5 Å². The molecule has 0 unspecified atom stereocenters. The Kier molecular flexibility index (Phi) is 5.99. The van der Waals surface area contributed by atoms with Crippen molar-refractivity contribution in [3.63, 3.8) is 0 Å². The predicted octanol–water partition coefficient (Wildman–Crippen LogP) is 2.50. The highest BCUT2D eigenvalue weighted by Gasteiger charge is 2.17. The normalized spacial score (nSPS) is 10.6. The van der Waals surface area contributed by atoms with Crippen molar-refractivity contribution in [3.05, 3.63) is 89.5 Å². The molecular weight excluding hydrogens is 350 g/mol.